The van der Waals surface area contributed by atoms with Crippen LogP contribution in [0.4, 0.5) is 5.69 Å². The summed E-state index contributed by atoms with van der Waals surface area (Å²) in [6.07, 6.45) is 3.85. The molecule has 6 heteroatoms. The standard InChI is InChI=1S/C12H12BrNO4/c13-10-6-5-8(7-11(10)14(16)17)12(15)18-9-3-1-2-4-9/h5-7,9H,1-4H2. The quantitative estimate of drug-likeness (QED) is 0.487. The zero-order valence-electron chi connectivity index (χ0n) is 9.60. The highest BCUT2D eigenvalue weighted by Gasteiger charge is 2.22. The van der Waals surface area contributed by atoms with Crippen LogP contribution in [0.1, 0.15) is 36.0 Å². The van der Waals surface area contributed by atoms with Crippen LogP contribution in [0, 0.1) is 10.1 Å². The highest BCUT2D eigenvalue weighted by Crippen LogP contribution is 2.27. The van der Waals surface area contributed by atoms with Gasteiger partial charge in [0.2, 0.25) is 0 Å². The van der Waals surface area contributed by atoms with Crippen molar-refractivity contribution in [1.82, 2.24) is 0 Å². The monoisotopic (exact) mass is 313 g/mol. The molecular formula is C12H12BrNO4. The number of nitrogens with zero attached hydrogens (tertiary/aromatic N) is 1. The zero-order valence-corrected chi connectivity index (χ0v) is 11.2. The predicted molar refractivity (Wildman–Crippen MR) is 68.5 cm³/mol. The van der Waals surface area contributed by atoms with Crippen molar-refractivity contribution in [2.24, 2.45) is 0 Å². The van der Waals surface area contributed by atoms with Crippen molar-refractivity contribution in [1.29, 1.82) is 0 Å². The third kappa shape index (κ3) is 2.87. The van der Waals surface area contributed by atoms with E-state index in [4.69, 9.17) is 4.74 Å². The first-order valence-electron chi connectivity index (χ1n) is 5.73. The molecule has 96 valence electrons. The lowest BCUT2D eigenvalue weighted by Crippen LogP contribution is -2.14. The summed E-state index contributed by atoms with van der Waals surface area (Å²) in [5.74, 6) is -0.488. The van der Waals surface area contributed by atoms with Gasteiger partial charge in [-0.25, -0.2) is 4.79 Å². The lowest BCUT2D eigenvalue weighted by atomic mass is 10.2. The van der Waals surface area contributed by atoms with Crippen LogP contribution in [0.15, 0.2) is 22.7 Å². The normalized spacial score (nSPS) is 15.6. The zero-order chi connectivity index (χ0) is 13.1. The molecular weight excluding hydrogens is 302 g/mol. The van der Waals surface area contributed by atoms with Gasteiger partial charge in [-0.3, -0.25) is 10.1 Å². The molecule has 1 aliphatic rings. The second-order valence-electron chi connectivity index (χ2n) is 4.24. The molecule has 1 saturated carbocycles. The van der Waals surface area contributed by atoms with Gasteiger partial charge in [-0.2, -0.15) is 0 Å². The SMILES string of the molecule is O=C(OC1CCCC1)c1ccc(Br)c([N+](=O)[O-])c1. The summed E-state index contributed by atoms with van der Waals surface area (Å²) in [7, 11) is 0. The first-order chi connectivity index (χ1) is 8.58. The Morgan fingerprint density at radius 2 is 2.06 bits per heavy atom. The molecule has 1 aliphatic carbocycles. The van der Waals surface area contributed by atoms with Crippen LogP contribution < -0.4 is 0 Å². The Labute approximate surface area is 112 Å². The Morgan fingerprint density at radius 1 is 1.39 bits per heavy atom. The summed E-state index contributed by atoms with van der Waals surface area (Å²) in [4.78, 5) is 22.1. The number of nitro benzene ring substituents is 1. The number of halogens is 1. The molecule has 0 saturated heterocycles. The largest absolute Gasteiger partial charge is 0.459 e. The first kappa shape index (κ1) is 13.0. The maximum absolute atomic E-state index is 11.8. The Bertz CT molecular complexity index is 483. The number of rotatable bonds is 3. The van der Waals surface area contributed by atoms with Crippen molar-refractivity contribution >= 4 is 27.6 Å². The van der Waals surface area contributed by atoms with Gasteiger partial charge < -0.3 is 4.74 Å². The third-order valence-electron chi connectivity index (χ3n) is 2.95. The fourth-order valence-corrected chi connectivity index (χ4v) is 2.40. The lowest BCUT2D eigenvalue weighted by Gasteiger charge is -2.11. The van der Waals surface area contributed by atoms with E-state index < -0.39 is 10.9 Å². The van der Waals surface area contributed by atoms with Crippen LogP contribution in [0.5, 0.6) is 0 Å². The van der Waals surface area contributed by atoms with Crippen molar-refractivity contribution in [3.63, 3.8) is 0 Å². The van der Waals surface area contributed by atoms with Gasteiger partial charge in [-0.05, 0) is 53.7 Å². The Morgan fingerprint density at radius 3 is 2.67 bits per heavy atom. The minimum Gasteiger partial charge on any atom is -0.459 e. The molecule has 0 aromatic heterocycles. The lowest BCUT2D eigenvalue weighted by molar-refractivity contribution is -0.385. The molecule has 1 aromatic rings. The van der Waals surface area contributed by atoms with Gasteiger partial charge in [0.25, 0.3) is 5.69 Å². The molecule has 2 rings (SSSR count). The third-order valence-corrected chi connectivity index (χ3v) is 3.63. The van der Waals surface area contributed by atoms with Gasteiger partial charge in [0.15, 0.2) is 0 Å². The van der Waals surface area contributed by atoms with Crippen LogP contribution >= 0.6 is 15.9 Å². The number of esters is 1. The number of carbonyl (C=O) groups is 1. The maximum Gasteiger partial charge on any atom is 0.338 e. The minimum absolute atomic E-state index is 0.0415. The summed E-state index contributed by atoms with van der Waals surface area (Å²) in [6, 6.07) is 4.25. The van der Waals surface area contributed by atoms with Gasteiger partial charge in [0.05, 0.1) is 15.0 Å². The topological polar surface area (TPSA) is 69.4 Å². The molecule has 0 amide bonds. The molecule has 0 bridgehead atoms. The Kier molecular flexibility index (Phi) is 3.96. The second-order valence-corrected chi connectivity index (χ2v) is 5.09. The molecule has 0 aliphatic heterocycles. The molecule has 18 heavy (non-hydrogen) atoms. The van der Waals surface area contributed by atoms with E-state index in [9.17, 15) is 14.9 Å². The van der Waals surface area contributed by atoms with Crippen molar-refractivity contribution in [2.75, 3.05) is 0 Å². The molecule has 0 spiro atoms. The minimum atomic E-state index is -0.531. The Hall–Kier alpha value is -1.43. The predicted octanol–water partition coefficient (Wildman–Crippen LogP) is 3.46. The number of carbonyl (C=O) groups excluding carboxylic acids is 1. The molecule has 5 nitrogen and oxygen atoms in total. The number of nitro groups is 1. The first-order valence-corrected chi connectivity index (χ1v) is 6.52. The van der Waals surface area contributed by atoms with E-state index in [1.165, 1.54) is 18.2 Å². The number of hydrogen-bond acceptors (Lipinski definition) is 4. The van der Waals surface area contributed by atoms with Crippen LogP contribution in [0.25, 0.3) is 0 Å². The van der Waals surface area contributed by atoms with Crippen molar-refractivity contribution < 1.29 is 14.5 Å². The van der Waals surface area contributed by atoms with E-state index in [0.29, 0.717) is 4.47 Å². The fourth-order valence-electron chi connectivity index (χ4n) is 2.01. The van der Waals surface area contributed by atoms with Crippen molar-refractivity contribution in [3.05, 3.63) is 38.3 Å². The summed E-state index contributed by atoms with van der Waals surface area (Å²) >= 11 is 3.07. The van der Waals surface area contributed by atoms with E-state index in [0.717, 1.165) is 25.7 Å². The van der Waals surface area contributed by atoms with Crippen LogP contribution in [0.2, 0.25) is 0 Å². The van der Waals surface area contributed by atoms with Crippen LogP contribution in [-0.2, 0) is 4.74 Å². The molecule has 0 unspecified atom stereocenters. The number of hydrogen-bond donors (Lipinski definition) is 0. The molecule has 1 aromatic carbocycles. The number of ether oxygens (including phenoxy) is 1. The van der Waals surface area contributed by atoms with E-state index in [2.05, 4.69) is 15.9 Å². The fraction of sp³-hybridized carbons (Fsp3) is 0.417. The van der Waals surface area contributed by atoms with Gasteiger partial charge in [0, 0.05) is 6.07 Å². The van der Waals surface area contributed by atoms with Crippen molar-refractivity contribution in [2.45, 2.75) is 31.8 Å². The van der Waals surface area contributed by atoms with Crippen LogP contribution in [0.3, 0.4) is 0 Å². The van der Waals surface area contributed by atoms with Gasteiger partial charge in [-0.15, -0.1) is 0 Å². The Balaban J connectivity index is 2.14. The average Bonchev–Trinajstić information content (AvgIpc) is 2.81. The maximum atomic E-state index is 11.8. The van der Waals surface area contributed by atoms with Crippen molar-refractivity contribution in [3.8, 4) is 0 Å². The molecule has 0 N–H and O–H groups in total. The molecule has 0 atom stereocenters. The van der Waals surface area contributed by atoms with Gasteiger partial charge in [0.1, 0.15) is 6.10 Å². The van der Waals surface area contributed by atoms with E-state index >= 15 is 0 Å². The summed E-state index contributed by atoms with van der Waals surface area (Å²) in [6.45, 7) is 0. The highest BCUT2D eigenvalue weighted by atomic mass is 79.9. The molecule has 0 heterocycles. The van der Waals surface area contributed by atoms with E-state index in [1.54, 1.807) is 0 Å². The van der Waals surface area contributed by atoms with Gasteiger partial charge >= 0.3 is 5.97 Å². The molecule has 1 fully saturated rings. The van der Waals surface area contributed by atoms with Crippen LogP contribution in [-0.4, -0.2) is 17.0 Å². The molecule has 0 radical (unpaired) electrons. The second kappa shape index (κ2) is 5.48. The smallest absolute Gasteiger partial charge is 0.338 e. The summed E-state index contributed by atoms with van der Waals surface area (Å²) in [5.41, 5.74) is 0.0904. The van der Waals surface area contributed by atoms with Gasteiger partial charge in [-0.1, -0.05) is 0 Å². The average molecular weight is 314 g/mol. The summed E-state index contributed by atoms with van der Waals surface area (Å²) < 4.78 is 5.65. The van der Waals surface area contributed by atoms with E-state index in [-0.39, 0.29) is 17.4 Å². The summed E-state index contributed by atoms with van der Waals surface area (Å²) in [5, 5.41) is 10.8. The van der Waals surface area contributed by atoms with E-state index in [1.807, 2.05) is 0 Å². The number of benzene rings is 1. The highest BCUT2D eigenvalue weighted by molar-refractivity contribution is 9.10.